The van der Waals surface area contributed by atoms with E-state index >= 15 is 0 Å². The predicted octanol–water partition coefficient (Wildman–Crippen LogP) is 3.86. The summed E-state index contributed by atoms with van der Waals surface area (Å²) >= 11 is 6.66. The van der Waals surface area contributed by atoms with Crippen molar-refractivity contribution in [3.8, 4) is 0 Å². The minimum absolute atomic E-state index is 0.192. The zero-order valence-electron chi connectivity index (χ0n) is 8.65. The van der Waals surface area contributed by atoms with Gasteiger partial charge in [-0.15, -0.1) is 0 Å². The fourth-order valence-corrected chi connectivity index (χ4v) is 2.10. The second kappa shape index (κ2) is 5.42. The van der Waals surface area contributed by atoms with Crippen LogP contribution >= 0.6 is 31.9 Å². The Morgan fingerprint density at radius 1 is 1.18 bits per heavy atom. The summed E-state index contributed by atoms with van der Waals surface area (Å²) in [6, 6.07) is 10.8. The average Bonchev–Trinajstić information content (AvgIpc) is 2.29. The van der Waals surface area contributed by atoms with Crippen LogP contribution in [0, 0.1) is 0 Å². The Morgan fingerprint density at radius 3 is 2.65 bits per heavy atom. The summed E-state index contributed by atoms with van der Waals surface area (Å²) in [6.07, 6.45) is 1.62. The predicted molar refractivity (Wildman–Crippen MR) is 74.0 cm³/mol. The molecule has 0 bridgehead atoms. The fraction of sp³-hybridized carbons (Fsp3) is 0. The molecule has 0 unspecified atom stereocenters. The summed E-state index contributed by atoms with van der Waals surface area (Å²) < 4.78 is 1.63. The van der Waals surface area contributed by atoms with Crippen LogP contribution in [-0.4, -0.2) is 10.9 Å². The number of nitrogens with zero attached hydrogens (tertiary/aromatic N) is 1. The van der Waals surface area contributed by atoms with Crippen LogP contribution in [0.15, 0.2) is 51.5 Å². The van der Waals surface area contributed by atoms with Gasteiger partial charge in [0.15, 0.2) is 0 Å². The number of carbonyl (C=O) groups excluding carboxylic acids is 1. The third-order valence-corrected chi connectivity index (χ3v) is 3.27. The van der Waals surface area contributed by atoms with Gasteiger partial charge in [-0.05, 0) is 40.2 Å². The first-order valence-corrected chi connectivity index (χ1v) is 6.43. The summed E-state index contributed by atoms with van der Waals surface area (Å²) in [7, 11) is 0. The molecular formula is C12H8Br2N2O. The first-order chi connectivity index (χ1) is 8.16. The molecule has 0 radical (unpaired) electrons. The third kappa shape index (κ3) is 3.14. The number of rotatable bonds is 2. The lowest BCUT2D eigenvalue weighted by Gasteiger charge is -2.05. The summed E-state index contributed by atoms with van der Waals surface area (Å²) in [5.41, 5.74) is 0.578. The number of hydrogen-bond acceptors (Lipinski definition) is 2. The SMILES string of the molecule is O=C(Nc1cc(Br)ccn1)c1ccccc1Br. The van der Waals surface area contributed by atoms with E-state index in [0.717, 1.165) is 8.95 Å². The van der Waals surface area contributed by atoms with Gasteiger partial charge in [-0.3, -0.25) is 4.79 Å². The topological polar surface area (TPSA) is 42.0 Å². The summed E-state index contributed by atoms with van der Waals surface area (Å²) in [5, 5.41) is 2.73. The van der Waals surface area contributed by atoms with Crippen molar-refractivity contribution >= 4 is 43.6 Å². The molecule has 0 aliphatic carbocycles. The Balaban J connectivity index is 2.20. The van der Waals surface area contributed by atoms with Gasteiger partial charge in [0.1, 0.15) is 5.82 Å². The molecule has 2 rings (SSSR count). The number of carbonyl (C=O) groups is 1. The van der Waals surface area contributed by atoms with Crippen LogP contribution in [0.25, 0.3) is 0 Å². The lowest BCUT2D eigenvalue weighted by atomic mass is 10.2. The number of hydrogen-bond donors (Lipinski definition) is 1. The maximum atomic E-state index is 11.9. The highest BCUT2D eigenvalue weighted by Crippen LogP contribution is 2.18. The minimum Gasteiger partial charge on any atom is -0.306 e. The zero-order chi connectivity index (χ0) is 12.3. The minimum atomic E-state index is -0.192. The number of aromatic nitrogens is 1. The van der Waals surface area contributed by atoms with Gasteiger partial charge in [-0.1, -0.05) is 28.1 Å². The highest BCUT2D eigenvalue weighted by atomic mass is 79.9. The highest BCUT2D eigenvalue weighted by Gasteiger charge is 2.09. The molecule has 17 heavy (non-hydrogen) atoms. The van der Waals surface area contributed by atoms with Crippen LogP contribution in [0.2, 0.25) is 0 Å². The molecule has 5 heteroatoms. The Morgan fingerprint density at radius 2 is 1.94 bits per heavy atom. The Bertz CT molecular complexity index is 558. The van der Waals surface area contributed by atoms with E-state index in [1.807, 2.05) is 18.2 Å². The average molecular weight is 356 g/mol. The van der Waals surface area contributed by atoms with E-state index in [1.54, 1.807) is 24.4 Å². The molecule has 0 fully saturated rings. The number of amides is 1. The molecule has 1 amide bonds. The second-order valence-corrected chi connectivity index (χ2v) is 5.06. The smallest absolute Gasteiger partial charge is 0.257 e. The van der Waals surface area contributed by atoms with Gasteiger partial charge in [0.05, 0.1) is 5.56 Å². The number of benzene rings is 1. The molecule has 1 N–H and O–H groups in total. The van der Waals surface area contributed by atoms with Gasteiger partial charge in [-0.2, -0.15) is 0 Å². The largest absolute Gasteiger partial charge is 0.306 e. The molecule has 0 saturated carbocycles. The van der Waals surface area contributed by atoms with E-state index < -0.39 is 0 Å². The van der Waals surface area contributed by atoms with Crippen molar-refractivity contribution < 1.29 is 4.79 Å². The first-order valence-electron chi connectivity index (χ1n) is 4.84. The third-order valence-electron chi connectivity index (χ3n) is 2.08. The lowest BCUT2D eigenvalue weighted by molar-refractivity contribution is 0.102. The first kappa shape index (κ1) is 12.3. The molecule has 1 aromatic carbocycles. The van der Waals surface area contributed by atoms with Crippen LogP contribution < -0.4 is 5.32 Å². The van der Waals surface area contributed by atoms with Gasteiger partial charge < -0.3 is 5.32 Å². The van der Waals surface area contributed by atoms with E-state index in [4.69, 9.17) is 0 Å². The van der Waals surface area contributed by atoms with Crippen molar-refractivity contribution in [3.63, 3.8) is 0 Å². The van der Waals surface area contributed by atoms with Crippen LogP contribution in [0.1, 0.15) is 10.4 Å². The molecule has 1 heterocycles. The number of nitrogens with one attached hydrogen (secondary N) is 1. The van der Waals surface area contributed by atoms with Crippen molar-refractivity contribution in [2.24, 2.45) is 0 Å². The van der Waals surface area contributed by atoms with Crippen LogP contribution in [0.3, 0.4) is 0 Å². The summed E-state index contributed by atoms with van der Waals surface area (Å²) in [4.78, 5) is 16.0. The molecule has 3 nitrogen and oxygen atoms in total. The van der Waals surface area contributed by atoms with E-state index in [0.29, 0.717) is 11.4 Å². The van der Waals surface area contributed by atoms with Crippen LogP contribution in [0.4, 0.5) is 5.82 Å². The molecule has 2 aromatic rings. The van der Waals surface area contributed by atoms with Crippen molar-refractivity contribution in [2.75, 3.05) is 5.32 Å². The van der Waals surface area contributed by atoms with Gasteiger partial charge in [0, 0.05) is 15.1 Å². The quantitative estimate of drug-likeness (QED) is 0.888. The Kier molecular flexibility index (Phi) is 3.91. The molecule has 1 aromatic heterocycles. The molecule has 0 atom stereocenters. The van der Waals surface area contributed by atoms with E-state index in [1.165, 1.54) is 0 Å². The van der Waals surface area contributed by atoms with E-state index in [9.17, 15) is 4.79 Å². The monoisotopic (exact) mass is 354 g/mol. The fourth-order valence-electron chi connectivity index (χ4n) is 1.30. The van der Waals surface area contributed by atoms with E-state index in [-0.39, 0.29) is 5.91 Å². The second-order valence-electron chi connectivity index (χ2n) is 3.29. The van der Waals surface area contributed by atoms with Gasteiger partial charge in [0.25, 0.3) is 5.91 Å². The standard InChI is InChI=1S/C12H8Br2N2O/c13-8-5-6-15-11(7-8)16-12(17)9-3-1-2-4-10(9)14/h1-7H,(H,15,16,17). The zero-order valence-corrected chi connectivity index (χ0v) is 11.8. The van der Waals surface area contributed by atoms with Crippen LogP contribution in [0.5, 0.6) is 0 Å². The Labute approximate surface area is 116 Å². The van der Waals surface area contributed by atoms with Crippen LogP contribution in [-0.2, 0) is 0 Å². The summed E-state index contributed by atoms with van der Waals surface area (Å²) in [5.74, 6) is 0.322. The number of halogens is 2. The molecule has 0 aliphatic heterocycles. The van der Waals surface area contributed by atoms with Crippen molar-refractivity contribution in [2.45, 2.75) is 0 Å². The van der Waals surface area contributed by atoms with Gasteiger partial charge in [-0.25, -0.2) is 4.98 Å². The van der Waals surface area contributed by atoms with Gasteiger partial charge in [0.2, 0.25) is 0 Å². The maximum Gasteiger partial charge on any atom is 0.257 e. The molecule has 0 spiro atoms. The van der Waals surface area contributed by atoms with Crippen molar-refractivity contribution in [1.82, 2.24) is 4.98 Å². The maximum absolute atomic E-state index is 11.9. The van der Waals surface area contributed by atoms with E-state index in [2.05, 4.69) is 42.2 Å². The highest BCUT2D eigenvalue weighted by molar-refractivity contribution is 9.10. The Hall–Kier alpha value is -1.20. The van der Waals surface area contributed by atoms with Crippen molar-refractivity contribution in [3.05, 3.63) is 57.1 Å². The molecule has 0 saturated heterocycles. The normalized spacial score (nSPS) is 10.0. The van der Waals surface area contributed by atoms with Gasteiger partial charge >= 0.3 is 0 Å². The number of pyridine rings is 1. The lowest BCUT2D eigenvalue weighted by Crippen LogP contribution is -2.13. The van der Waals surface area contributed by atoms with Crippen molar-refractivity contribution in [1.29, 1.82) is 0 Å². The molecule has 86 valence electrons. The molecular weight excluding hydrogens is 348 g/mol. The molecule has 0 aliphatic rings. The summed E-state index contributed by atoms with van der Waals surface area (Å²) in [6.45, 7) is 0. The number of anilines is 1.